The van der Waals surface area contributed by atoms with E-state index in [-0.39, 0.29) is 11.9 Å². The van der Waals surface area contributed by atoms with E-state index in [1.54, 1.807) is 0 Å². The zero-order chi connectivity index (χ0) is 17.9. The molecule has 132 valence electrons. The highest BCUT2D eigenvalue weighted by molar-refractivity contribution is 9.10. The van der Waals surface area contributed by atoms with Crippen molar-refractivity contribution in [2.45, 2.75) is 12.5 Å². The molecule has 0 radical (unpaired) electrons. The van der Waals surface area contributed by atoms with Crippen molar-refractivity contribution in [1.82, 2.24) is 4.90 Å². The molecule has 1 atom stereocenters. The number of hydrogen-bond donors (Lipinski definition) is 1. The zero-order valence-corrected chi connectivity index (χ0v) is 16.6. The van der Waals surface area contributed by atoms with Crippen LogP contribution in [0.2, 0.25) is 0 Å². The Morgan fingerprint density at radius 1 is 1.12 bits per heavy atom. The molecular weight excluding hydrogens is 408 g/mol. The fourth-order valence-corrected chi connectivity index (χ4v) is 4.79. The van der Waals surface area contributed by atoms with Crippen LogP contribution in [0.4, 0.5) is 5.69 Å². The Morgan fingerprint density at radius 2 is 1.88 bits per heavy atom. The van der Waals surface area contributed by atoms with Crippen molar-refractivity contribution in [2.24, 2.45) is 0 Å². The number of carbonyl (C=O) groups is 1. The summed E-state index contributed by atoms with van der Waals surface area (Å²) < 4.78 is 0.895. The standard InChI is InChI=1S/C21H19BrN2OS/c22-17-8-4-5-9-18(17)23-20(25)14-24-12-10-19-16(11-13-26-19)21(24)15-6-2-1-3-7-15/h1-9,11,13,21H,10,12,14H2,(H,23,25). The van der Waals surface area contributed by atoms with Gasteiger partial charge in [-0.2, -0.15) is 0 Å². The lowest BCUT2D eigenvalue weighted by molar-refractivity contribution is -0.117. The molecule has 3 aromatic rings. The monoisotopic (exact) mass is 426 g/mol. The smallest absolute Gasteiger partial charge is 0.238 e. The Kier molecular flexibility index (Phi) is 5.20. The number of rotatable bonds is 4. The predicted molar refractivity (Wildman–Crippen MR) is 111 cm³/mol. The van der Waals surface area contributed by atoms with Gasteiger partial charge in [-0.05, 0) is 57.1 Å². The molecule has 0 spiro atoms. The summed E-state index contributed by atoms with van der Waals surface area (Å²) in [5.74, 6) is 0.0107. The van der Waals surface area contributed by atoms with Gasteiger partial charge in [0.25, 0.3) is 0 Å². The Labute approximate surface area is 165 Å². The molecule has 1 amide bonds. The van der Waals surface area contributed by atoms with Gasteiger partial charge in [0.15, 0.2) is 0 Å². The summed E-state index contributed by atoms with van der Waals surface area (Å²) in [6.07, 6.45) is 0.999. The van der Waals surface area contributed by atoms with Crippen LogP contribution in [-0.4, -0.2) is 23.9 Å². The van der Waals surface area contributed by atoms with E-state index < -0.39 is 0 Å². The van der Waals surface area contributed by atoms with E-state index in [1.807, 2.05) is 41.7 Å². The number of nitrogens with one attached hydrogen (secondary N) is 1. The van der Waals surface area contributed by atoms with E-state index in [1.165, 1.54) is 16.0 Å². The second-order valence-corrected chi connectivity index (χ2v) is 8.22. The minimum Gasteiger partial charge on any atom is -0.324 e. The number of halogens is 1. The Bertz CT molecular complexity index is 909. The van der Waals surface area contributed by atoms with Gasteiger partial charge in [-0.15, -0.1) is 11.3 Å². The van der Waals surface area contributed by atoms with Crippen LogP contribution in [0.1, 0.15) is 22.0 Å². The van der Waals surface area contributed by atoms with Crippen LogP contribution in [0.15, 0.2) is 70.5 Å². The zero-order valence-electron chi connectivity index (χ0n) is 14.2. The van der Waals surface area contributed by atoms with Gasteiger partial charge >= 0.3 is 0 Å². The van der Waals surface area contributed by atoms with Crippen LogP contribution in [0.3, 0.4) is 0 Å². The lowest BCUT2D eigenvalue weighted by Gasteiger charge is -2.35. The van der Waals surface area contributed by atoms with E-state index in [2.05, 4.69) is 61.9 Å². The number of carbonyl (C=O) groups excluding carboxylic acids is 1. The van der Waals surface area contributed by atoms with Crippen molar-refractivity contribution in [3.8, 4) is 0 Å². The van der Waals surface area contributed by atoms with Gasteiger partial charge < -0.3 is 5.32 Å². The molecule has 1 aromatic heterocycles. The van der Waals surface area contributed by atoms with E-state index in [0.29, 0.717) is 6.54 Å². The van der Waals surface area contributed by atoms with Crippen LogP contribution in [0.25, 0.3) is 0 Å². The second kappa shape index (κ2) is 7.74. The van der Waals surface area contributed by atoms with Crippen LogP contribution in [0, 0.1) is 0 Å². The normalized spacial score (nSPS) is 16.9. The summed E-state index contributed by atoms with van der Waals surface area (Å²) in [5, 5.41) is 5.18. The minimum atomic E-state index is 0.0107. The number of benzene rings is 2. The lowest BCUT2D eigenvalue weighted by atomic mass is 9.93. The van der Waals surface area contributed by atoms with Crippen LogP contribution in [-0.2, 0) is 11.2 Å². The van der Waals surface area contributed by atoms with Gasteiger partial charge in [-0.25, -0.2) is 0 Å². The molecule has 1 aliphatic rings. The van der Waals surface area contributed by atoms with E-state index >= 15 is 0 Å². The van der Waals surface area contributed by atoms with Gasteiger partial charge in [0.05, 0.1) is 18.3 Å². The third-order valence-electron chi connectivity index (χ3n) is 4.68. The quantitative estimate of drug-likeness (QED) is 0.629. The van der Waals surface area contributed by atoms with Gasteiger partial charge in [-0.3, -0.25) is 9.69 Å². The van der Waals surface area contributed by atoms with Crippen LogP contribution < -0.4 is 5.32 Å². The molecular formula is C21H19BrN2OS. The number of fused-ring (bicyclic) bond motifs is 1. The van der Waals surface area contributed by atoms with Crippen molar-refractivity contribution in [1.29, 1.82) is 0 Å². The minimum absolute atomic E-state index is 0.0107. The summed E-state index contributed by atoms with van der Waals surface area (Å²) >= 11 is 5.30. The van der Waals surface area contributed by atoms with E-state index in [0.717, 1.165) is 23.1 Å². The molecule has 2 heterocycles. The molecule has 0 saturated heterocycles. The molecule has 2 aromatic carbocycles. The molecule has 1 aliphatic heterocycles. The molecule has 0 bridgehead atoms. The fourth-order valence-electron chi connectivity index (χ4n) is 3.50. The number of thiophene rings is 1. The highest BCUT2D eigenvalue weighted by Crippen LogP contribution is 2.37. The Hall–Kier alpha value is -1.95. The summed E-state index contributed by atoms with van der Waals surface area (Å²) in [5.41, 5.74) is 3.38. The first-order valence-corrected chi connectivity index (χ1v) is 10.3. The number of anilines is 1. The maximum atomic E-state index is 12.7. The molecule has 3 nitrogen and oxygen atoms in total. The number of hydrogen-bond acceptors (Lipinski definition) is 3. The first-order chi connectivity index (χ1) is 12.7. The molecule has 4 rings (SSSR count). The summed E-state index contributed by atoms with van der Waals surface area (Å²) in [7, 11) is 0. The number of nitrogens with zero attached hydrogens (tertiary/aromatic N) is 1. The Balaban J connectivity index is 1.57. The summed E-state index contributed by atoms with van der Waals surface area (Å²) in [4.78, 5) is 16.4. The fraction of sp³-hybridized carbons (Fsp3) is 0.190. The van der Waals surface area contributed by atoms with Crippen molar-refractivity contribution < 1.29 is 4.79 Å². The van der Waals surface area contributed by atoms with Gasteiger partial charge in [0.2, 0.25) is 5.91 Å². The highest BCUT2D eigenvalue weighted by Gasteiger charge is 2.30. The largest absolute Gasteiger partial charge is 0.324 e. The SMILES string of the molecule is O=C(CN1CCc2sccc2C1c1ccccc1)Nc1ccccc1Br. The molecule has 5 heteroatoms. The topological polar surface area (TPSA) is 32.3 Å². The molecule has 1 N–H and O–H groups in total. The van der Waals surface area contributed by atoms with Gasteiger partial charge in [-0.1, -0.05) is 42.5 Å². The van der Waals surface area contributed by atoms with Crippen molar-refractivity contribution in [2.75, 3.05) is 18.4 Å². The van der Waals surface area contributed by atoms with Crippen molar-refractivity contribution >= 4 is 38.9 Å². The number of para-hydroxylation sites is 1. The maximum Gasteiger partial charge on any atom is 0.238 e. The molecule has 0 fully saturated rings. The highest BCUT2D eigenvalue weighted by atomic mass is 79.9. The number of amides is 1. The van der Waals surface area contributed by atoms with Gasteiger partial charge in [0, 0.05) is 15.9 Å². The first kappa shape index (κ1) is 17.5. The molecule has 1 unspecified atom stereocenters. The van der Waals surface area contributed by atoms with Crippen LogP contribution in [0.5, 0.6) is 0 Å². The summed E-state index contributed by atoms with van der Waals surface area (Å²) in [6.45, 7) is 1.26. The average Bonchev–Trinajstić information content (AvgIpc) is 3.13. The molecule has 26 heavy (non-hydrogen) atoms. The lowest BCUT2D eigenvalue weighted by Crippen LogP contribution is -2.40. The maximum absolute atomic E-state index is 12.7. The molecule has 0 saturated carbocycles. The Morgan fingerprint density at radius 3 is 2.69 bits per heavy atom. The predicted octanol–water partition coefficient (Wildman–Crippen LogP) is 5.10. The van der Waals surface area contributed by atoms with Gasteiger partial charge in [0.1, 0.15) is 0 Å². The van der Waals surface area contributed by atoms with Crippen molar-refractivity contribution in [3.63, 3.8) is 0 Å². The second-order valence-electron chi connectivity index (χ2n) is 6.36. The molecule has 0 aliphatic carbocycles. The van der Waals surface area contributed by atoms with E-state index in [4.69, 9.17) is 0 Å². The third-order valence-corrected chi connectivity index (χ3v) is 6.36. The van der Waals surface area contributed by atoms with Crippen LogP contribution >= 0.6 is 27.3 Å². The third kappa shape index (κ3) is 3.61. The first-order valence-electron chi connectivity index (χ1n) is 8.62. The van der Waals surface area contributed by atoms with Crippen molar-refractivity contribution in [3.05, 3.63) is 86.5 Å². The summed E-state index contributed by atoms with van der Waals surface area (Å²) in [6, 6.07) is 20.5. The van der Waals surface area contributed by atoms with E-state index in [9.17, 15) is 4.79 Å². The average molecular weight is 427 g/mol.